The predicted octanol–water partition coefficient (Wildman–Crippen LogP) is 3.44. The van der Waals surface area contributed by atoms with E-state index in [4.69, 9.17) is 4.52 Å². The number of H-pyrrole nitrogens is 1. The van der Waals surface area contributed by atoms with Crippen LogP contribution in [0.3, 0.4) is 0 Å². The zero-order chi connectivity index (χ0) is 24.9. The van der Waals surface area contributed by atoms with Gasteiger partial charge in [-0.15, -0.1) is 0 Å². The standard InChI is InChI=1S/C24H22F2N5O3P/c1-3-34-35(2)19-10-6-16(7-11-19)21(15-4-8-17(25)9-5-15)29-22(32)20-13-27-24(30-23(20)33)31-14-18(26)12-28-31/h4-14,21H,3H2,1-2H3,(H,29,32)(H,27,30,33). The van der Waals surface area contributed by atoms with Gasteiger partial charge in [0.05, 0.1) is 26.6 Å². The molecule has 11 heteroatoms. The number of nitrogens with one attached hydrogen (secondary N) is 2. The topological polar surface area (TPSA) is 102 Å². The van der Waals surface area contributed by atoms with Gasteiger partial charge < -0.3 is 9.84 Å². The summed E-state index contributed by atoms with van der Waals surface area (Å²) in [6, 6.07) is 12.6. The van der Waals surface area contributed by atoms with Crippen LogP contribution in [0.4, 0.5) is 8.78 Å². The zero-order valence-corrected chi connectivity index (χ0v) is 19.8. The third-order valence-corrected chi connectivity index (χ3v) is 6.86. The first-order valence-electron chi connectivity index (χ1n) is 10.7. The van der Waals surface area contributed by atoms with E-state index in [-0.39, 0.29) is 11.5 Å². The van der Waals surface area contributed by atoms with Crippen LogP contribution in [0.2, 0.25) is 0 Å². The first kappa shape index (κ1) is 24.4. The monoisotopic (exact) mass is 497 g/mol. The van der Waals surface area contributed by atoms with Crippen molar-refractivity contribution in [3.63, 3.8) is 0 Å². The van der Waals surface area contributed by atoms with Crippen LogP contribution in [-0.2, 0) is 4.52 Å². The largest absolute Gasteiger partial charge is 0.355 e. The molecule has 2 N–H and O–H groups in total. The fourth-order valence-electron chi connectivity index (χ4n) is 3.45. The molecule has 4 rings (SSSR count). The Morgan fingerprint density at radius 1 is 1.09 bits per heavy atom. The second kappa shape index (κ2) is 10.7. The lowest BCUT2D eigenvalue weighted by Gasteiger charge is -2.21. The maximum Gasteiger partial charge on any atom is 0.265 e. The Kier molecular flexibility index (Phi) is 7.43. The van der Waals surface area contributed by atoms with Gasteiger partial charge in [-0.3, -0.25) is 14.6 Å². The molecule has 2 aromatic heterocycles. The number of nitrogens with zero attached hydrogens (tertiary/aromatic N) is 3. The Bertz CT molecular complexity index is 1370. The Hall–Kier alpha value is -3.75. The molecule has 2 atom stereocenters. The van der Waals surface area contributed by atoms with Crippen molar-refractivity contribution in [2.75, 3.05) is 13.3 Å². The van der Waals surface area contributed by atoms with Crippen LogP contribution in [0, 0.1) is 11.6 Å². The number of benzene rings is 2. The van der Waals surface area contributed by atoms with Gasteiger partial charge in [0.1, 0.15) is 11.4 Å². The minimum atomic E-state index is -0.765. The predicted molar refractivity (Wildman–Crippen MR) is 128 cm³/mol. The summed E-state index contributed by atoms with van der Waals surface area (Å²) in [4.78, 5) is 32.1. The number of rotatable bonds is 8. The van der Waals surface area contributed by atoms with Crippen molar-refractivity contribution >= 4 is 19.4 Å². The van der Waals surface area contributed by atoms with Crippen LogP contribution in [-0.4, -0.2) is 38.9 Å². The van der Waals surface area contributed by atoms with Crippen LogP contribution in [0.15, 0.2) is 71.9 Å². The molecule has 2 aromatic carbocycles. The highest BCUT2D eigenvalue weighted by Gasteiger charge is 2.21. The van der Waals surface area contributed by atoms with Gasteiger partial charge in [-0.05, 0) is 36.8 Å². The molecule has 0 saturated heterocycles. The van der Waals surface area contributed by atoms with Crippen LogP contribution in [0.5, 0.6) is 0 Å². The summed E-state index contributed by atoms with van der Waals surface area (Å²) in [5.74, 6) is -1.72. The average Bonchev–Trinajstić information content (AvgIpc) is 3.29. The molecule has 0 aliphatic carbocycles. The highest BCUT2D eigenvalue weighted by molar-refractivity contribution is 7.60. The molecule has 0 bridgehead atoms. The summed E-state index contributed by atoms with van der Waals surface area (Å²) in [6.45, 7) is 4.55. The molecule has 180 valence electrons. The highest BCUT2D eigenvalue weighted by atomic mass is 31.1. The molecule has 35 heavy (non-hydrogen) atoms. The lowest BCUT2D eigenvalue weighted by Crippen LogP contribution is -2.34. The molecule has 2 heterocycles. The van der Waals surface area contributed by atoms with Crippen LogP contribution in [0.1, 0.15) is 34.5 Å². The molecule has 0 radical (unpaired) electrons. The molecular formula is C24H22F2N5O3P. The second-order valence-corrected chi connectivity index (χ2v) is 9.29. The number of aromatic amines is 1. The molecule has 0 saturated carbocycles. The molecule has 0 spiro atoms. The van der Waals surface area contributed by atoms with Crippen molar-refractivity contribution in [2.45, 2.75) is 13.0 Å². The van der Waals surface area contributed by atoms with Gasteiger partial charge in [-0.1, -0.05) is 36.4 Å². The van der Waals surface area contributed by atoms with E-state index in [1.807, 2.05) is 37.9 Å². The van der Waals surface area contributed by atoms with Gasteiger partial charge in [0.25, 0.3) is 11.5 Å². The number of carbonyl (C=O) groups excluding carboxylic acids is 1. The molecule has 0 fully saturated rings. The van der Waals surface area contributed by atoms with Gasteiger partial charge in [0.15, 0.2) is 5.82 Å². The molecule has 1 amide bonds. The molecule has 2 unspecified atom stereocenters. The van der Waals surface area contributed by atoms with Crippen molar-refractivity contribution in [1.82, 2.24) is 25.1 Å². The van der Waals surface area contributed by atoms with E-state index in [2.05, 4.69) is 20.4 Å². The van der Waals surface area contributed by atoms with Crippen molar-refractivity contribution in [3.8, 4) is 5.95 Å². The fourth-order valence-corrected chi connectivity index (χ4v) is 4.55. The minimum Gasteiger partial charge on any atom is -0.355 e. The van der Waals surface area contributed by atoms with Crippen molar-refractivity contribution in [3.05, 3.63) is 106 Å². The Morgan fingerprint density at radius 3 is 2.31 bits per heavy atom. The smallest absolute Gasteiger partial charge is 0.265 e. The van der Waals surface area contributed by atoms with E-state index in [0.29, 0.717) is 12.2 Å². The van der Waals surface area contributed by atoms with Gasteiger partial charge in [-0.2, -0.15) is 5.10 Å². The van der Waals surface area contributed by atoms with Crippen LogP contribution < -0.4 is 16.2 Å². The zero-order valence-electron chi connectivity index (χ0n) is 18.9. The fraction of sp³-hybridized carbons (Fsp3) is 0.167. The first-order chi connectivity index (χ1) is 16.9. The van der Waals surface area contributed by atoms with Gasteiger partial charge in [0.2, 0.25) is 5.95 Å². The Labute approximate surface area is 200 Å². The van der Waals surface area contributed by atoms with Crippen molar-refractivity contribution in [1.29, 1.82) is 0 Å². The summed E-state index contributed by atoms with van der Waals surface area (Å²) in [5.41, 5.74) is 0.411. The number of carbonyl (C=O) groups is 1. The lowest BCUT2D eigenvalue weighted by molar-refractivity contribution is 0.0941. The maximum absolute atomic E-state index is 13.5. The van der Waals surface area contributed by atoms with E-state index in [0.717, 1.165) is 34.1 Å². The van der Waals surface area contributed by atoms with E-state index < -0.39 is 37.3 Å². The van der Waals surface area contributed by atoms with E-state index >= 15 is 0 Å². The number of halogens is 2. The van der Waals surface area contributed by atoms with Crippen molar-refractivity contribution in [2.24, 2.45) is 0 Å². The number of amides is 1. The Morgan fingerprint density at radius 2 is 1.74 bits per heavy atom. The summed E-state index contributed by atoms with van der Waals surface area (Å²) in [5, 5.41) is 7.60. The SMILES string of the molecule is CCOP(C)c1ccc(C(NC(=O)c2cnc(-n3cc(F)cn3)[nH]c2=O)c2ccc(F)cc2)cc1. The summed E-state index contributed by atoms with van der Waals surface area (Å²) in [6.07, 6.45) is 3.11. The third kappa shape index (κ3) is 5.67. The second-order valence-electron chi connectivity index (χ2n) is 7.52. The number of aromatic nitrogens is 4. The number of hydrogen-bond donors (Lipinski definition) is 2. The summed E-state index contributed by atoms with van der Waals surface area (Å²) in [7, 11) is -0.765. The number of hydrogen-bond acceptors (Lipinski definition) is 5. The van der Waals surface area contributed by atoms with E-state index in [1.54, 1.807) is 12.1 Å². The maximum atomic E-state index is 13.5. The lowest BCUT2D eigenvalue weighted by atomic mass is 9.98. The highest BCUT2D eigenvalue weighted by Crippen LogP contribution is 2.31. The van der Waals surface area contributed by atoms with Crippen LogP contribution in [0.25, 0.3) is 5.95 Å². The Balaban J connectivity index is 1.63. The summed E-state index contributed by atoms with van der Waals surface area (Å²) < 4.78 is 33.5. The average molecular weight is 497 g/mol. The van der Waals surface area contributed by atoms with Gasteiger partial charge in [0, 0.05) is 18.1 Å². The first-order valence-corrected chi connectivity index (χ1v) is 12.4. The molecule has 4 aromatic rings. The van der Waals surface area contributed by atoms with E-state index in [9.17, 15) is 18.4 Å². The normalized spacial score (nSPS) is 12.8. The van der Waals surface area contributed by atoms with Gasteiger partial charge >= 0.3 is 0 Å². The molecule has 8 nitrogen and oxygen atoms in total. The molecule has 0 aliphatic rings. The third-order valence-electron chi connectivity index (χ3n) is 5.19. The minimum absolute atomic E-state index is 0.0357. The summed E-state index contributed by atoms with van der Waals surface area (Å²) >= 11 is 0. The van der Waals surface area contributed by atoms with Crippen LogP contribution >= 0.6 is 8.15 Å². The molecule has 0 aliphatic heterocycles. The van der Waals surface area contributed by atoms with Crippen molar-refractivity contribution < 1.29 is 18.1 Å². The quantitative estimate of drug-likeness (QED) is 0.363. The van der Waals surface area contributed by atoms with Gasteiger partial charge in [-0.25, -0.2) is 18.4 Å². The van der Waals surface area contributed by atoms with E-state index in [1.165, 1.54) is 12.1 Å². The molecular weight excluding hydrogens is 475 g/mol.